The van der Waals surface area contributed by atoms with E-state index in [9.17, 15) is 15.0 Å². The molecule has 0 unspecified atom stereocenters. The van der Waals surface area contributed by atoms with Crippen LogP contribution in [0.5, 0.6) is 0 Å². The molecule has 2 N–H and O–H groups in total. The smallest absolute Gasteiger partial charge is 0.242 e. The number of rotatable bonds is 3. The van der Waals surface area contributed by atoms with E-state index < -0.39 is 12.2 Å². The van der Waals surface area contributed by atoms with E-state index in [1.54, 1.807) is 22.8 Å². The van der Waals surface area contributed by atoms with Crippen LogP contribution < -0.4 is 0 Å². The molecule has 0 aliphatic heterocycles. The molecule has 0 bridgehead atoms. The molecule has 1 heterocycles. The summed E-state index contributed by atoms with van der Waals surface area (Å²) in [5, 5.41) is 19.9. The minimum Gasteiger partial charge on any atom is -0.390 e. The van der Waals surface area contributed by atoms with E-state index in [-0.39, 0.29) is 18.5 Å². The standard InChI is InChI=1S/C16H21N3O3/c1-18(13-7-4-8-14(20)16(13)22)15(21)9-19-10-17-11-5-2-3-6-12(11)19/h2-3,5-6,10,13-14,16,20,22H,4,7-9H2,1H3/t13-,14-,16-/m1/s1. The van der Waals surface area contributed by atoms with Crippen LogP contribution in [0.2, 0.25) is 0 Å². The van der Waals surface area contributed by atoms with Crippen LogP contribution in [0.3, 0.4) is 0 Å². The second-order valence-corrected chi connectivity index (χ2v) is 5.92. The maximum atomic E-state index is 12.5. The molecule has 1 aliphatic carbocycles. The monoisotopic (exact) mass is 303 g/mol. The van der Waals surface area contributed by atoms with Gasteiger partial charge in [0.15, 0.2) is 0 Å². The molecule has 2 aromatic rings. The Kier molecular flexibility index (Phi) is 4.13. The maximum Gasteiger partial charge on any atom is 0.242 e. The van der Waals surface area contributed by atoms with Crippen molar-refractivity contribution in [2.45, 2.75) is 44.1 Å². The third-order valence-electron chi connectivity index (χ3n) is 4.51. The summed E-state index contributed by atoms with van der Waals surface area (Å²) >= 11 is 0. The summed E-state index contributed by atoms with van der Waals surface area (Å²) in [6.07, 6.45) is 2.15. The number of fused-ring (bicyclic) bond motifs is 1. The predicted molar refractivity (Wildman–Crippen MR) is 82.2 cm³/mol. The second kappa shape index (κ2) is 6.06. The van der Waals surface area contributed by atoms with Crippen LogP contribution in [0.15, 0.2) is 30.6 Å². The molecule has 1 fully saturated rings. The molecular weight excluding hydrogens is 282 g/mol. The molecule has 1 aliphatic rings. The van der Waals surface area contributed by atoms with Crippen molar-refractivity contribution in [1.29, 1.82) is 0 Å². The molecule has 1 aromatic heterocycles. The number of carbonyl (C=O) groups is 1. The lowest BCUT2D eigenvalue weighted by molar-refractivity contribution is -0.139. The van der Waals surface area contributed by atoms with Gasteiger partial charge in [0.25, 0.3) is 0 Å². The molecule has 1 amide bonds. The van der Waals surface area contributed by atoms with Gasteiger partial charge in [-0.05, 0) is 31.4 Å². The van der Waals surface area contributed by atoms with E-state index in [1.165, 1.54) is 0 Å². The molecule has 22 heavy (non-hydrogen) atoms. The number of imidazole rings is 1. The Hall–Kier alpha value is -1.92. The lowest BCUT2D eigenvalue weighted by Gasteiger charge is -2.37. The molecule has 0 saturated heterocycles. The van der Waals surface area contributed by atoms with Crippen LogP contribution in [0.4, 0.5) is 0 Å². The van der Waals surface area contributed by atoms with Gasteiger partial charge in [-0.1, -0.05) is 12.1 Å². The van der Waals surface area contributed by atoms with E-state index in [0.717, 1.165) is 17.5 Å². The summed E-state index contributed by atoms with van der Waals surface area (Å²) < 4.78 is 1.81. The number of aliphatic hydroxyl groups is 2. The third kappa shape index (κ3) is 2.71. The van der Waals surface area contributed by atoms with Gasteiger partial charge in [0.2, 0.25) is 5.91 Å². The van der Waals surface area contributed by atoms with Gasteiger partial charge in [-0.25, -0.2) is 4.98 Å². The minimum atomic E-state index is -0.873. The number of hydrogen-bond donors (Lipinski definition) is 2. The van der Waals surface area contributed by atoms with E-state index >= 15 is 0 Å². The quantitative estimate of drug-likeness (QED) is 0.878. The van der Waals surface area contributed by atoms with Gasteiger partial charge < -0.3 is 19.7 Å². The number of carbonyl (C=O) groups excluding carboxylic acids is 1. The molecule has 3 rings (SSSR count). The first-order chi connectivity index (χ1) is 10.6. The summed E-state index contributed by atoms with van der Waals surface area (Å²) in [4.78, 5) is 18.3. The molecule has 6 nitrogen and oxygen atoms in total. The fourth-order valence-electron chi connectivity index (χ4n) is 3.14. The Morgan fingerprint density at radius 1 is 1.36 bits per heavy atom. The lowest BCUT2D eigenvalue weighted by Crippen LogP contribution is -2.52. The van der Waals surface area contributed by atoms with Gasteiger partial charge in [0, 0.05) is 7.05 Å². The number of aromatic nitrogens is 2. The first kappa shape index (κ1) is 15.0. The summed E-state index contributed by atoms with van der Waals surface area (Å²) in [6.45, 7) is 0.177. The van der Waals surface area contributed by atoms with Crippen molar-refractivity contribution in [2.24, 2.45) is 0 Å². The van der Waals surface area contributed by atoms with Gasteiger partial charge in [-0.15, -0.1) is 0 Å². The highest BCUT2D eigenvalue weighted by molar-refractivity contribution is 5.80. The number of amides is 1. The van der Waals surface area contributed by atoms with Crippen LogP contribution in [0.1, 0.15) is 19.3 Å². The van der Waals surface area contributed by atoms with Crippen molar-refractivity contribution in [3.05, 3.63) is 30.6 Å². The zero-order valence-corrected chi connectivity index (χ0v) is 12.6. The molecule has 1 aromatic carbocycles. The second-order valence-electron chi connectivity index (χ2n) is 5.92. The van der Waals surface area contributed by atoms with Crippen LogP contribution in [-0.2, 0) is 11.3 Å². The number of benzene rings is 1. The SMILES string of the molecule is CN(C(=O)Cn1cnc2ccccc21)[C@@H]1CCC[C@@H](O)[C@@H]1O. The van der Waals surface area contributed by atoms with Crippen LogP contribution >= 0.6 is 0 Å². The fraction of sp³-hybridized carbons (Fsp3) is 0.500. The topological polar surface area (TPSA) is 78.6 Å². The average Bonchev–Trinajstić information content (AvgIpc) is 2.92. The lowest BCUT2D eigenvalue weighted by atomic mass is 9.89. The summed E-state index contributed by atoms with van der Waals surface area (Å²) in [5.41, 5.74) is 1.76. The van der Waals surface area contributed by atoms with Crippen molar-refractivity contribution in [2.75, 3.05) is 7.05 Å². The van der Waals surface area contributed by atoms with Crippen molar-refractivity contribution in [3.8, 4) is 0 Å². The molecule has 3 atom stereocenters. The molecular formula is C16H21N3O3. The number of nitrogens with zero attached hydrogens (tertiary/aromatic N) is 3. The molecule has 118 valence electrons. The van der Waals surface area contributed by atoms with Gasteiger partial charge in [-0.3, -0.25) is 4.79 Å². The van der Waals surface area contributed by atoms with Crippen molar-refractivity contribution in [1.82, 2.24) is 14.5 Å². The van der Waals surface area contributed by atoms with Gasteiger partial charge in [0.1, 0.15) is 12.6 Å². The number of aliphatic hydroxyl groups excluding tert-OH is 2. The van der Waals surface area contributed by atoms with Crippen molar-refractivity contribution in [3.63, 3.8) is 0 Å². The molecule has 0 spiro atoms. The molecule has 6 heteroatoms. The Morgan fingerprint density at radius 2 is 2.14 bits per heavy atom. The molecule has 1 saturated carbocycles. The first-order valence-electron chi connectivity index (χ1n) is 7.59. The van der Waals surface area contributed by atoms with E-state index in [1.807, 2.05) is 24.3 Å². The Morgan fingerprint density at radius 3 is 2.95 bits per heavy atom. The number of hydrogen-bond acceptors (Lipinski definition) is 4. The van der Waals surface area contributed by atoms with E-state index in [0.29, 0.717) is 12.8 Å². The Labute approximate surface area is 129 Å². The Balaban J connectivity index is 1.73. The van der Waals surface area contributed by atoms with E-state index in [2.05, 4.69) is 4.98 Å². The van der Waals surface area contributed by atoms with Gasteiger partial charge in [-0.2, -0.15) is 0 Å². The average molecular weight is 303 g/mol. The number of para-hydroxylation sites is 2. The first-order valence-corrected chi connectivity index (χ1v) is 7.59. The minimum absolute atomic E-state index is 0.0960. The van der Waals surface area contributed by atoms with Crippen molar-refractivity contribution >= 4 is 16.9 Å². The van der Waals surface area contributed by atoms with Gasteiger partial charge in [0.05, 0.1) is 29.5 Å². The van der Waals surface area contributed by atoms with E-state index in [4.69, 9.17) is 0 Å². The number of likely N-dealkylation sites (N-methyl/N-ethyl adjacent to an activating group) is 1. The summed E-state index contributed by atoms with van der Waals surface area (Å²) in [6, 6.07) is 7.32. The zero-order valence-electron chi connectivity index (χ0n) is 12.6. The van der Waals surface area contributed by atoms with Gasteiger partial charge >= 0.3 is 0 Å². The summed E-state index contributed by atoms with van der Waals surface area (Å²) in [7, 11) is 1.69. The largest absolute Gasteiger partial charge is 0.390 e. The highest BCUT2D eigenvalue weighted by Gasteiger charge is 2.34. The third-order valence-corrected chi connectivity index (χ3v) is 4.51. The maximum absolute atomic E-state index is 12.5. The summed E-state index contributed by atoms with van der Waals surface area (Å²) in [5.74, 6) is -0.0960. The highest BCUT2D eigenvalue weighted by Crippen LogP contribution is 2.23. The highest BCUT2D eigenvalue weighted by atomic mass is 16.3. The van der Waals surface area contributed by atoms with Crippen LogP contribution in [0.25, 0.3) is 11.0 Å². The fourth-order valence-corrected chi connectivity index (χ4v) is 3.14. The normalized spacial score (nSPS) is 25.3. The molecule has 0 radical (unpaired) electrons. The van der Waals surface area contributed by atoms with Crippen LogP contribution in [-0.4, -0.2) is 55.9 Å². The van der Waals surface area contributed by atoms with Crippen LogP contribution in [0, 0.1) is 0 Å². The predicted octanol–water partition coefficient (Wildman–Crippen LogP) is 0.769. The zero-order chi connectivity index (χ0) is 15.7. The van der Waals surface area contributed by atoms with Crippen molar-refractivity contribution < 1.29 is 15.0 Å². The Bertz CT molecular complexity index is 669.